The number of rotatable bonds is 6. The summed E-state index contributed by atoms with van der Waals surface area (Å²) in [4.78, 5) is 14.2. The molecule has 2 aliphatic rings. The van der Waals surface area contributed by atoms with E-state index in [4.69, 9.17) is 4.74 Å². The lowest BCUT2D eigenvalue weighted by atomic mass is 10.1. The number of hydrogen-bond donors (Lipinski definition) is 0. The van der Waals surface area contributed by atoms with Crippen molar-refractivity contribution in [3.8, 4) is 0 Å². The summed E-state index contributed by atoms with van der Waals surface area (Å²) in [6.07, 6.45) is 4.93. The van der Waals surface area contributed by atoms with Gasteiger partial charge in [-0.05, 0) is 55.7 Å². The van der Waals surface area contributed by atoms with E-state index in [2.05, 4.69) is 0 Å². The molecule has 0 aromatic heterocycles. The van der Waals surface area contributed by atoms with E-state index in [1.54, 1.807) is 13.0 Å². The fourth-order valence-corrected chi connectivity index (χ4v) is 2.92. The molecule has 4 heteroatoms. The average Bonchev–Trinajstić information content (AvgIpc) is 3.22. The zero-order chi connectivity index (χ0) is 15.5. The normalized spacial score (nSPS) is 21.4. The lowest BCUT2D eigenvalue weighted by molar-refractivity contribution is -0.130. The standard InChI is InChI=1S/C18H24FNO2/c1-13-10-14(4-6-17(13)19)5-7-18(21)20-9-8-16(11-20)22-12-15-2-3-15/h4,6,10,15-16H,2-3,5,7-9,11-12H2,1H3. The molecule has 1 aromatic carbocycles. The van der Waals surface area contributed by atoms with Gasteiger partial charge in [0.1, 0.15) is 5.82 Å². The fourth-order valence-electron chi connectivity index (χ4n) is 2.92. The van der Waals surface area contributed by atoms with Crippen LogP contribution in [0, 0.1) is 18.7 Å². The summed E-state index contributed by atoms with van der Waals surface area (Å²) in [7, 11) is 0. The van der Waals surface area contributed by atoms with E-state index in [1.807, 2.05) is 11.0 Å². The summed E-state index contributed by atoms with van der Waals surface area (Å²) >= 11 is 0. The lowest BCUT2D eigenvalue weighted by Crippen LogP contribution is -2.30. The summed E-state index contributed by atoms with van der Waals surface area (Å²) in [6.45, 7) is 4.15. The smallest absolute Gasteiger partial charge is 0.222 e. The third-order valence-corrected chi connectivity index (χ3v) is 4.61. The number of likely N-dealkylation sites (tertiary alicyclic amines) is 1. The van der Waals surface area contributed by atoms with Crippen LogP contribution in [0.1, 0.15) is 36.8 Å². The van der Waals surface area contributed by atoms with E-state index in [0.717, 1.165) is 37.6 Å². The molecule has 1 aliphatic carbocycles. The lowest BCUT2D eigenvalue weighted by Gasteiger charge is -2.17. The monoisotopic (exact) mass is 305 g/mol. The molecule has 1 atom stereocenters. The van der Waals surface area contributed by atoms with Crippen LogP contribution in [-0.2, 0) is 16.0 Å². The Morgan fingerprint density at radius 3 is 2.91 bits per heavy atom. The van der Waals surface area contributed by atoms with Gasteiger partial charge in [-0.1, -0.05) is 12.1 Å². The van der Waals surface area contributed by atoms with E-state index in [0.29, 0.717) is 18.4 Å². The number of hydrogen-bond acceptors (Lipinski definition) is 2. The van der Waals surface area contributed by atoms with E-state index in [1.165, 1.54) is 18.9 Å². The molecule has 1 amide bonds. The Balaban J connectivity index is 1.42. The Morgan fingerprint density at radius 2 is 2.18 bits per heavy atom. The van der Waals surface area contributed by atoms with Crippen molar-refractivity contribution < 1.29 is 13.9 Å². The number of halogens is 1. The van der Waals surface area contributed by atoms with Gasteiger partial charge in [-0.3, -0.25) is 4.79 Å². The molecule has 1 saturated carbocycles. The van der Waals surface area contributed by atoms with Gasteiger partial charge >= 0.3 is 0 Å². The zero-order valence-corrected chi connectivity index (χ0v) is 13.2. The number of carbonyl (C=O) groups excluding carboxylic acids is 1. The summed E-state index contributed by atoms with van der Waals surface area (Å²) in [5.41, 5.74) is 1.66. The quantitative estimate of drug-likeness (QED) is 0.808. The van der Waals surface area contributed by atoms with E-state index < -0.39 is 0 Å². The molecule has 120 valence electrons. The molecule has 22 heavy (non-hydrogen) atoms. The molecule has 0 N–H and O–H groups in total. The molecule has 1 aliphatic heterocycles. The van der Waals surface area contributed by atoms with Gasteiger partial charge in [-0.15, -0.1) is 0 Å². The highest BCUT2D eigenvalue weighted by Crippen LogP contribution is 2.30. The summed E-state index contributed by atoms with van der Waals surface area (Å²) in [5.74, 6) is 0.760. The van der Waals surface area contributed by atoms with Crippen molar-refractivity contribution in [2.24, 2.45) is 5.92 Å². The van der Waals surface area contributed by atoms with Gasteiger partial charge in [0.15, 0.2) is 0 Å². The molecule has 3 nitrogen and oxygen atoms in total. The molecule has 1 saturated heterocycles. The predicted molar refractivity (Wildman–Crippen MR) is 83.1 cm³/mol. The molecular weight excluding hydrogens is 281 g/mol. The predicted octanol–water partition coefficient (Wildman–Crippen LogP) is 3.09. The van der Waals surface area contributed by atoms with E-state index >= 15 is 0 Å². The zero-order valence-electron chi connectivity index (χ0n) is 13.2. The molecular formula is C18H24FNO2. The number of aryl methyl sites for hydroxylation is 2. The van der Waals surface area contributed by atoms with Crippen molar-refractivity contribution in [2.75, 3.05) is 19.7 Å². The third-order valence-electron chi connectivity index (χ3n) is 4.61. The van der Waals surface area contributed by atoms with Crippen LogP contribution in [0.2, 0.25) is 0 Å². The molecule has 0 spiro atoms. The van der Waals surface area contributed by atoms with Gasteiger partial charge in [0.05, 0.1) is 6.10 Å². The van der Waals surface area contributed by atoms with Crippen LogP contribution in [0.4, 0.5) is 4.39 Å². The van der Waals surface area contributed by atoms with Crippen LogP contribution in [0.15, 0.2) is 18.2 Å². The van der Waals surface area contributed by atoms with Gasteiger partial charge < -0.3 is 9.64 Å². The minimum atomic E-state index is -0.190. The van der Waals surface area contributed by atoms with Crippen molar-refractivity contribution in [2.45, 2.75) is 45.1 Å². The van der Waals surface area contributed by atoms with Crippen LogP contribution >= 0.6 is 0 Å². The molecule has 1 aromatic rings. The van der Waals surface area contributed by atoms with Crippen LogP contribution in [0.25, 0.3) is 0 Å². The van der Waals surface area contributed by atoms with Gasteiger partial charge in [0, 0.05) is 26.1 Å². The Labute approximate surface area is 131 Å². The Morgan fingerprint density at radius 1 is 1.36 bits per heavy atom. The van der Waals surface area contributed by atoms with Gasteiger partial charge in [-0.2, -0.15) is 0 Å². The number of amides is 1. The molecule has 2 fully saturated rings. The summed E-state index contributed by atoms with van der Waals surface area (Å²) in [5, 5.41) is 0. The maximum absolute atomic E-state index is 13.2. The average molecular weight is 305 g/mol. The first kappa shape index (κ1) is 15.5. The molecule has 1 heterocycles. The van der Waals surface area contributed by atoms with Crippen LogP contribution in [0.3, 0.4) is 0 Å². The Bertz CT molecular complexity index is 542. The summed E-state index contributed by atoms with van der Waals surface area (Å²) in [6, 6.07) is 5.07. The number of nitrogens with zero attached hydrogens (tertiary/aromatic N) is 1. The van der Waals surface area contributed by atoms with Crippen molar-refractivity contribution >= 4 is 5.91 Å². The first-order valence-electron chi connectivity index (χ1n) is 8.26. The first-order valence-corrected chi connectivity index (χ1v) is 8.26. The molecule has 3 rings (SSSR count). The van der Waals surface area contributed by atoms with Crippen molar-refractivity contribution in [1.82, 2.24) is 4.90 Å². The second-order valence-electron chi connectivity index (χ2n) is 6.61. The minimum Gasteiger partial charge on any atom is -0.376 e. The van der Waals surface area contributed by atoms with Crippen molar-refractivity contribution in [3.63, 3.8) is 0 Å². The van der Waals surface area contributed by atoms with E-state index in [-0.39, 0.29) is 17.8 Å². The molecule has 0 bridgehead atoms. The fraction of sp³-hybridized carbons (Fsp3) is 0.611. The third kappa shape index (κ3) is 4.07. The number of carbonyl (C=O) groups is 1. The Hall–Kier alpha value is -1.42. The molecule has 1 unspecified atom stereocenters. The Kier molecular flexibility index (Phi) is 4.77. The second kappa shape index (κ2) is 6.78. The number of ether oxygens (including phenoxy) is 1. The number of benzene rings is 1. The summed E-state index contributed by atoms with van der Waals surface area (Å²) < 4.78 is 19.1. The maximum atomic E-state index is 13.2. The SMILES string of the molecule is Cc1cc(CCC(=O)N2CCC(OCC3CC3)C2)ccc1F. The van der Waals surface area contributed by atoms with Gasteiger partial charge in [0.2, 0.25) is 5.91 Å². The first-order chi connectivity index (χ1) is 10.6. The topological polar surface area (TPSA) is 29.5 Å². The maximum Gasteiger partial charge on any atom is 0.222 e. The van der Waals surface area contributed by atoms with Gasteiger partial charge in [0.25, 0.3) is 0 Å². The van der Waals surface area contributed by atoms with Crippen LogP contribution in [0.5, 0.6) is 0 Å². The van der Waals surface area contributed by atoms with Gasteiger partial charge in [-0.25, -0.2) is 4.39 Å². The van der Waals surface area contributed by atoms with Crippen LogP contribution in [-0.4, -0.2) is 36.6 Å². The largest absolute Gasteiger partial charge is 0.376 e. The van der Waals surface area contributed by atoms with Crippen LogP contribution < -0.4 is 0 Å². The highest BCUT2D eigenvalue weighted by atomic mass is 19.1. The molecule has 0 radical (unpaired) electrons. The van der Waals surface area contributed by atoms with E-state index in [9.17, 15) is 9.18 Å². The van der Waals surface area contributed by atoms with Crippen molar-refractivity contribution in [1.29, 1.82) is 0 Å². The minimum absolute atomic E-state index is 0.180. The second-order valence-corrected chi connectivity index (χ2v) is 6.61. The highest BCUT2D eigenvalue weighted by Gasteiger charge is 2.29. The highest BCUT2D eigenvalue weighted by molar-refractivity contribution is 5.76. The van der Waals surface area contributed by atoms with Crippen molar-refractivity contribution in [3.05, 3.63) is 35.1 Å².